The summed E-state index contributed by atoms with van der Waals surface area (Å²) < 4.78 is 0. The van der Waals surface area contributed by atoms with Crippen LogP contribution >= 0.6 is 0 Å². The van der Waals surface area contributed by atoms with Crippen molar-refractivity contribution < 1.29 is 4.79 Å². The average molecular weight is 197 g/mol. The molecule has 0 aromatic carbocycles. The van der Waals surface area contributed by atoms with E-state index in [1.165, 1.54) is 0 Å². The van der Waals surface area contributed by atoms with Crippen molar-refractivity contribution in [3.05, 3.63) is 0 Å². The van der Waals surface area contributed by atoms with Crippen molar-refractivity contribution in [2.75, 3.05) is 32.7 Å². The van der Waals surface area contributed by atoms with E-state index in [-0.39, 0.29) is 5.91 Å². The number of carbonyl (C=O) groups is 1. The molecule has 14 heavy (non-hydrogen) atoms. The van der Waals surface area contributed by atoms with Gasteiger partial charge in [0.05, 0.1) is 0 Å². The third kappa shape index (κ3) is 1.77. The average Bonchev–Trinajstić information content (AvgIpc) is 2.04. The van der Waals surface area contributed by atoms with Gasteiger partial charge in [0.15, 0.2) is 0 Å². The molecule has 2 rings (SSSR count). The van der Waals surface area contributed by atoms with Gasteiger partial charge in [-0.2, -0.15) is 0 Å². The highest BCUT2D eigenvalue weighted by Crippen LogP contribution is 2.15. The van der Waals surface area contributed by atoms with Gasteiger partial charge in [0.1, 0.15) is 0 Å². The molecule has 1 amide bonds. The molecule has 1 N–H and O–H groups in total. The Hall–Kier alpha value is -0.610. The monoisotopic (exact) mass is 197 g/mol. The Labute approximate surface area is 85.2 Å². The molecule has 80 valence electrons. The minimum absolute atomic E-state index is 0.211. The standard InChI is InChI=1S/C10H19N3O/c1-8-7-12(9(2)14)3-4-13(8)10-5-11-6-10/h8,10-11H,3-7H2,1-2H3. The van der Waals surface area contributed by atoms with Gasteiger partial charge in [-0.15, -0.1) is 0 Å². The first kappa shape index (κ1) is 9.93. The predicted molar refractivity (Wildman–Crippen MR) is 55.1 cm³/mol. The van der Waals surface area contributed by atoms with Crippen LogP contribution in [0.4, 0.5) is 0 Å². The van der Waals surface area contributed by atoms with Crippen LogP contribution in [0.3, 0.4) is 0 Å². The van der Waals surface area contributed by atoms with Gasteiger partial charge in [-0.1, -0.05) is 0 Å². The lowest BCUT2D eigenvalue weighted by Crippen LogP contribution is -2.64. The van der Waals surface area contributed by atoms with Gasteiger partial charge in [-0.05, 0) is 6.92 Å². The van der Waals surface area contributed by atoms with Crippen molar-refractivity contribution >= 4 is 5.91 Å². The van der Waals surface area contributed by atoms with Crippen LogP contribution in [0.1, 0.15) is 13.8 Å². The van der Waals surface area contributed by atoms with Crippen LogP contribution in [0.2, 0.25) is 0 Å². The molecule has 2 aliphatic rings. The summed E-state index contributed by atoms with van der Waals surface area (Å²) in [5.74, 6) is 0.211. The molecule has 0 bridgehead atoms. The van der Waals surface area contributed by atoms with Gasteiger partial charge < -0.3 is 10.2 Å². The van der Waals surface area contributed by atoms with E-state index in [0.717, 1.165) is 32.7 Å². The van der Waals surface area contributed by atoms with E-state index in [2.05, 4.69) is 17.1 Å². The molecule has 2 saturated heterocycles. The molecule has 1 unspecified atom stereocenters. The van der Waals surface area contributed by atoms with E-state index in [9.17, 15) is 4.79 Å². The molecule has 4 heteroatoms. The van der Waals surface area contributed by atoms with E-state index in [0.29, 0.717) is 12.1 Å². The number of amides is 1. The number of hydrogen-bond donors (Lipinski definition) is 1. The Morgan fingerprint density at radius 2 is 2.07 bits per heavy atom. The van der Waals surface area contributed by atoms with Gasteiger partial charge in [0, 0.05) is 51.7 Å². The van der Waals surface area contributed by atoms with E-state index in [1.54, 1.807) is 6.92 Å². The molecule has 0 spiro atoms. The van der Waals surface area contributed by atoms with Crippen molar-refractivity contribution in [1.29, 1.82) is 0 Å². The number of nitrogens with one attached hydrogen (secondary N) is 1. The lowest BCUT2D eigenvalue weighted by Gasteiger charge is -2.47. The van der Waals surface area contributed by atoms with Crippen molar-refractivity contribution in [3.8, 4) is 0 Å². The highest BCUT2D eigenvalue weighted by atomic mass is 16.2. The molecule has 0 aromatic rings. The fourth-order valence-corrected chi connectivity index (χ4v) is 2.31. The molecular formula is C10H19N3O. The minimum atomic E-state index is 0.211. The normalized spacial score (nSPS) is 30.1. The fourth-order valence-electron chi connectivity index (χ4n) is 2.31. The zero-order valence-electron chi connectivity index (χ0n) is 8.99. The summed E-state index contributed by atoms with van der Waals surface area (Å²) in [6.07, 6.45) is 0. The van der Waals surface area contributed by atoms with E-state index >= 15 is 0 Å². The number of hydrogen-bond acceptors (Lipinski definition) is 3. The SMILES string of the molecule is CC(=O)N1CCN(C2CNC2)C(C)C1. The first-order valence-electron chi connectivity index (χ1n) is 5.40. The van der Waals surface area contributed by atoms with Gasteiger partial charge >= 0.3 is 0 Å². The van der Waals surface area contributed by atoms with Crippen LogP contribution in [-0.4, -0.2) is 60.5 Å². The maximum Gasteiger partial charge on any atom is 0.219 e. The highest BCUT2D eigenvalue weighted by molar-refractivity contribution is 5.73. The second-order valence-electron chi connectivity index (χ2n) is 4.36. The molecule has 2 aliphatic heterocycles. The smallest absolute Gasteiger partial charge is 0.219 e. The van der Waals surface area contributed by atoms with E-state index in [4.69, 9.17) is 0 Å². The molecule has 0 saturated carbocycles. The van der Waals surface area contributed by atoms with Crippen LogP contribution in [0, 0.1) is 0 Å². The zero-order chi connectivity index (χ0) is 10.1. The van der Waals surface area contributed by atoms with Gasteiger partial charge in [-0.3, -0.25) is 9.69 Å². The van der Waals surface area contributed by atoms with Gasteiger partial charge in [-0.25, -0.2) is 0 Å². The largest absolute Gasteiger partial charge is 0.340 e. The maximum atomic E-state index is 11.2. The second kappa shape index (κ2) is 3.87. The van der Waals surface area contributed by atoms with E-state index in [1.807, 2.05) is 4.90 Å². The van der Waals surface area contributed by atoms with Gasteiger partial charge in [0.25, 0.3) is 0 Å². The summed E-state index contributed by atoms with van der Waals surface area (Å²) in [6.45, 7) is 8.94. The molecule has 0 aromatic heterocycles. The maximum absolute atomic E-state index is 11.2. The Bertz CT molecular complexity index is 227. The second-order valence-corrected chi connectivity index (χ2v) is 4.36. The lowest BCUT2D eigenvalue weighted by atomic mass is 10.1. The van der Waals surface area contributed by atoms with Crippen LogP contribution in [0.15, 0.2) is 0 Å². The number of nitrogens with zero attached hydrogens (tertiary/aromatic N) is 2. The summed E-state index contributed by atoms with van der Waals surface area (Å²) in [4.78, 5) is 15.7. The first-order valence-corrected chi connectivity index (χ1v) is 5.40. The number of rotatable bonds is 1. The van der Waals surface area contributed by atoms with Crippen LogP contribution in [0.25, 0.3) is 0 Å². The quantitative estimate of drug-likeness (QED) is 0.616. The van der Waals surface area contributed by atoms with Crippen molar-refractivity contribution in [3.63, 3.8) is 0 Å². The minimum Gasteiger partial charge on any atom is -0.340 e. The van der Waals surface area contributed by atoms with Crippen molar-refractivity contribution in [1.82, 2.24) is 15.1 Å². The highest BCUT2D eigenvalue weighted by Gasteiger charge is 2.32. The summed E-state index contributed by atoms with van der Waals surface area (Å²) >= 11 is 0. The molecule has 1 atom stereocenters. The first-order chi connectivity index (χ1) is 6.68. The molecule has 2 fully saturated rings. The number of carbonyl (C=O) groups excluding carboxylic acids is 1. The fraction of sp³-hybridized carbons (Fsp3) is 0.900. The third-order valence-corrected chi connectivity index (χ3v) is 3.35. The Morgan fingerprint density at radius 3 is 2.50 bits per heavy atom. The Morgan fingerprint density at radius 1 is 1.36 bits per heavy atom. The zero-order valence-corrected chi connectivity index (χ0v) is 8.99. The van der Waals surface area contributed by atoms with Crippen LogP contribution in [-0.2, 0) is 4.79 Å². The number of piperazine rings is 1. The molecule has 0 aliphatic carbocycles. The summed E-state index contributed by atoms with van der Waals surface area (Å²) in [7, 11) is 0. The van der Waals surface area contributed by atoms with Crippen LogP contribution < -0.4 is 5.32 Å². The van der Waals surface area contributed by atoms with Crippen LogP contribution in [0.5, 0.6) is 0 Å². The topological polar surface area (TPSA) is 35.6 Å². The molecule has 0 radical (unpaired) electrons. The molecule has 2 heterocycles. The summed E-state index contributed by atoms with van der Waals surface area (Å²) in [6, 6.07) is 1.22. The molecule has 4 nitrogen and oxygen atoms in total. The summed E-state index contributed by atoms with van der Waals surface area (Å²) in [5.41, 5.74) is 0. The predicted octanol–water partition coefficient (Wildman–Crippen LogP) is -0.489. The van der Waals surface area contributed by atoms with E-state index < -0.39 is 0 Å². The summed E-state index contributed by atoms with van der Waals surface area (Å²) in [5, 5.41) is 3.29. The van der Waals surface area contributed by atoms with Crippen molar-refractivity contribution in [2.24, 2.45) is 0 Å². The Kier molecular flexibility index (Phi) is 2.74. The van der Waals surface area contributed by atoms with Gasteiger partial charge in [0.2, 0.25) is 5.91 Å². The lowest BCUT2D eigenvalue weighted by molar-refractivity contribution is -0.132. The third-order valence-electron chi connectivity index (χ3n) is 3.35. The van der Waals surface area contributed by atoms with Crippen molar-refractivity contribution in [2.45, 2.75) is 25.9 Å². The Balaban J connectivity index is 1.89. The molecular weight excluding hydrogens is 178 g/mol.